The van der Waals surface area contributed by atoms with Gasteiger partial charge in [-0.15, -0.1) is 0 Å². The molecule has 90 valence electrons. The van der Waals surface area contributed by atoms with Crippen LogP contribution in [0.5, 0.6) is 6.01 Å². The van der Waals surface area contributed by atoms with Gasteiger partial charge in [0, 0.05) is 12.6 Å². The average molecular weight is 247 g/mol. The van der Waals surface area contributed by atoms with Gasteiger partial charge in [-0.05, 0) is 31.4 Å². The van der Waals surface area contributed by atoms with E-state index in [1.165, 1.54) is 7.11 Å². The summed E-state index contributed by atoms with van der Waals surface area (Å²) in [5, 5.41) is 11.8. The number of aromatic nitrogens is 3. The monoisotopic (exact) mass is 246 g/mol. The molecule has 0 bridgehead atoms. The molecule has 1 aromatic rings. The molecule has 0 aliphatic heterocycles. The van der Waals surface area contributed by atoms with Gasteiger partial charge in [-0.3, -0.25) is 0 Å². The Morgan fingerprint density at radius 2 is 2.19 bits per heavy atom. The number of methoxy groups -OCH3 is 1. The predicted molar refractivity (Wildman–Crippen MR) is 60.8 cm³/mol. The largest absolute Gasteiger partial charge is 0.467 e. The Balaban J connectivity index is 2.61. The first kappa shape index (κ1) is 12.9. The van der Waals surface area contributed by atoms with Gasteiger partial charge in [0.05, 0.1) is 7.11 Å². The molecule has 1 unspecified atom stereocenters. The van der Waals surface area contributed by atoms with Crippen LogP contribution in [0.15, 0.2) is 0 Å². The minimum atomic E-state index is 0.0868. The van der Waals surface area contributed by atoms with Crippen LogP contribution < -0.4 is 10.1 Å². The minimum Gasteiger partial charge on any atom is -0.467 e. The number of halogens is 1. The van der Waals surface area contributed by atoms with Crippen LogP contribution in [0.4, 0.5) is 5.95 Å². The third kappa shape index (κ3) is 4.16. The van der Waals surface area contributed by atoms with E-state index in [1.54, 1.807) is 0 Å². The highest BCUT2D eigenvalue weighted by Gasteiger charge is 2.07. The molecule has 0 aromatic carbocycles. The second-order valence-corrected chi connectivity index (χ2v) is 3.66. The molecule has 1 atom stereocenters. The number of aliphatic hydroxyl groups excluding tert-OH is 1. The maximum absolute atomic E-state index is 8.70. The van der Waals surface area contributed by atoms with Crippen molar-refractivity contribution in [1.82, 2.24) is 15.0 Å². The van der Waals surface area contributed by atoms with E-state index < -0.39 is 0 Å². The van der Waals surface area contributed by atoms with E-state index >= 15 is 0 Å². The molecule has 0 aliphatic carbocycles. The van der Waals surface area contributed by atoms with E-state index in [4.69, 9.17) is 21.4 Å². The van der Waals surface area contributed by atoms with Crippen molar-refractivity contribution in [2.45, 2.75) is 25.8 Å². The Morgan fingerprint density at radius 1 is 1.44 bits per heavy atom. The average Bonchev–Trinajstić information content (AvgIpc) is 2.25. The lowest BCUT2D eigenvalue weighted by Crippen LogP contribution is -2.18. The van der Waals surface area contributed by atoms with Crippen molar-refractivity contribution in [2.75, 3.05) is 19.0 Å². The third-order valence-corrected chi connectivity index (χ3v) is 2.11. The smallest absolute Gasteiger partial charge is 0.322 e. The summed E-state index contributed by atoms with van der Waals surface area (Å²) < 4.78 is 4.87. The Bertz CT molecular complexity index is 337. The fourth-order valence-corrected chi connectivity index (χ4v) is 1.33. The summed E-state index contributed by atoms with van der Waals surface area (Å²) in [4.78, 5) is 11.7. The molecule has 0 saturated carbocycles. The van der Waals surface area contributed by atoms with Crippen molar-refractivity contribution in [1.29, 1.82) is 0 Å². The number of hydrogen-bond donors (Lipinski definition) is 2. The number of nitrogens with zero attached hydrogens (tertiary/aromatic N) is 3. The van der Waals surface area contributed by atoms with Gasteiger partial charge in [0.2, 0.25) is 11.2 Å². The van der Waals surface area contributed by atoms with Crippen molar-refractivity contribution in [3.63, 3.8) is 0 Å². The molecule has 0 spiro atoms. The van der Waals surface area contributed by atoms with Gasteiger partial charge in [0.25, 0.3) is 0 Å². The van der Waals surface area contributed by atoms with Crippen molar-refractivity contribution >= 4 is 17.5 Å². The topological polar surface area (TPSA) is 80.2 Å². The minimum absolute atomic E-state index is 0.0868. The highest BCUT2D eigenvalue weighted by Crippen LogP contribution is 2.12. The molecule has 0 aliphatic rings. The van der Waals surface area contributed by atoms with E-state index in [-0.39, 0.29) is 23.9 Å². The quantitative estimate of drug-likeness (QED) is 0.783. The van der Waals surface area contributed by atoms with Crippen molar-refractivity contribution in [3.8, 4) is 6.01 Å². The van der Waals surface area contributed by atoms with Crippen molar-refractivity contribution in [2.24, 2.45) is 0 Å². The molecule has 1 heterocycles. The van der Waals surface area contributed by atoms with Gasteiger partial charge < -0.3 is 15.2 Å². The van der Waals surface area contributed by atoms with Gasteiger partial charge in [-0.25, -0.2) is 0 Å². The van der Waals surface area contributed by atoms with E-state index in [0.717, 1.165) is 12.8 Å². The lowest BCUT2D eigenvalue weighted by Gasteiger charge is -2.13. The molecule has 1 aromatic heterocycles. The zero-order chi connectivity index (χ0) is 12.0. The molecule has 0 radical (unpaired) electrons. The summed E-state index contributed by atoms with van der Waals surface area (Å²) in [5.41, 5.74) is 0. The van der Waals surface area contributed by atoms with Gasteiger partial charge in [-0.2, -0.15) is 15.0 Å². The molecule has 2 N–H and O–H groups in total. The number of nitrogens with one attached hydrogen (secondary N) is 1. The van der Waals surface area contributed by atoms with Gasteiger partial charge >= 0.3 is 6.01 Å². The van der Waals surface area contributed by atoms with Gasteiger partial charge in [-0.1, -0.05) is 0 Å². The number of hydrogen-bond acceptors (Lipinski definition) is 6. The van der Waals surface area contributed by atoms with E-state index in [1.807, 2.05) is 6.92 Å². The van der Waals surface area contributed by atoms with Crippen LogP contribution in [0.3, 0.4) is 0 Å². The molecule has 16 heavy (non-hydrogen) atoms. The van der Waals surface area contributed by atoms with E-state index in [0.29, 0.717) is 5.95 Å². The summed E-state index contributed by atoms with van der Waals surface area (Å²) in [6, 6.07) is 0.326. The lowest BCUT2D eigenvalue weighted by atomic mass is 10.2. The van der Waals surface area contributed by atoms with Crippen LogP contribution >= 0.6 is 11.6 Å². The number of ether oxygens (including phenoxy) is 1. The first-order valence-electron chi connectivity index (χ1n) is 4.98. The molecular weight excluding hydrogens is 232 g/mol. The molecule has 0 fully saturated rings. The summed E-state index contributed by atoms with van der Waals surface area (Å²) in [5.74, 6) is 0.377. The fourth-order valence-electron chi connectivity index (χ4n) is 1.18. The lowest BCUT2D eigenvalue weighted by molar-refractivity contribution is 0.282. The second kappa shape index (κ2) is 6.44. The van der Waals surface area contributed by atoms with Crippen molar-refractivity contribution in [3.05, 3.63) is 5.28 Å². The summed E-state index contributed by atoms with van der Waals surface area (Å²) >= 11 is 5.69. The Hall–Kier alpha value is -1.14. The molecular formula is C9H15ClN4O2. The van der Waals surface area contributed by atoms with Crippen LogP contribution in [-0.4, -0.2) is 39.8 Å². The zero-order valence-electron chi connectivity index (χ0n) is 9.27. The van der Waals surface area contributed by atoms with Crippen LogP contribution in [0.2, 0.25) is 5.28 Å². The number of rotatable bonds is 6. The third-order valence-electron chi connectivity index (χ3n) is 1.94. The summed E-state index contributed by atoms with van der Waals surface area (Å²) in [6.07, 6.45) is 1.55. The normalized spacial score (nSPS) is 12.2. The van der Waals surface area contributed by atoms with Gasteiger partial charge in [0.15, 0.2) is 0 Å². The van der Waals surface area contributed by atoms with Crippen LogP contribution in [-0.2, 0) is 0 Å². The Morgan fingerprint density at radius 3 is 2.81 bits per heavy atom. The second-order valence-electron chi connectivity index (χ2n) is 3.33. The van der Waals surface area contributed by atoms with Crippen LogP contribution in [0.25, 0.3) is 0 Å². The highest BCUT2D eigenvalue weighted by molar-refractivity contribution is 6.28. The SMILES string of the molecule is COc1nc(Cl)nc(NC(C)CCCO)n1. The molecule has 0 saturated heterocycles. The first-order chi connectivity index (χ1) is 7.65. The standard InChI is InChI=1S/C9H15ClN4O2/c1-6(4-3-5-15)11-8-12-7(10)13-9(14-8)16-2/h6,15H,3-5H2,1-2H3,(H,11,12,13,14). The number of anilines is 1. The first-order valence-corrected chi connectivity index (χ1v) is 5.36. The molecule has 0 amide bonds. The molecule has 7 heteroatoms. The van der Waals surface area contributed by atoms with Crippen LogP contribution in [0.1, 0.15) is 19.8 Å². The van der Waals surface area contributed by atoms with E-state index in [9.17, 15) is 0 Å². The Kier molecular flexibility index (Phi) is 5.21. The van der Waals surface area contributed by atoms with Gasteiger partial charge in [0.1, 0.15) is 0 Å². The van der Waals surface area contributed by atoms with Crippen LogP contribution in [0, 0.1) is 0 Å². The molecule has 6 nitrogen and oxygen atoms in total. The maximum Gasteiger partial charge on any atom is 0.322 e. The highest BCUT2D eigenvalue weighted by atomic mass is 35.5. The summed E-state index contributed by atoms with van der Waals surface area (Å²) in [6.45, 7) is 2.15. The fraction of sp³-hybridized carbons (Fsp3) is 0.667. The predicted octanol–water partition coefficient (Wildman–Crippen LogP) is 1.11. The van der Waals surface area contributed by atoms with Crippen molar-refractivity contribution < 1.29 is 9.84 Å². The summed E-state index contributed by atoms with van der Waals surface area (Å²) in [7, 11) is 1.46. The zero-order valence-corrected chi connectivity index (χ0v) is 10.0. The number of aliphatic hydroxyl groups is 1. The molecule has 1 rings (SSSR count). The van der Waals surface area contributed by atoms with E-state index in [2.05, 4.69) is 20.3 Å². The maximum atomic E-state index is 8.70. The Labute approximate surface area is 99.0 Å².